The van der Waals surface area contributed by atoms with Crippen LogP contribution in [0, 0.1) is 6.92 Å². The summed E-state index contributed by atoms with van der Waals surface area (Å²) in [5.74, 6) is 0. The molecule has 0 aromatic carbocycles. The Kier molecular flexibility index (Phi) is 3.38. The maximum absolute atomic E-state index is 12.0. The van der Waals surface area contributed by atoms with Crippen LogP contribution in [-0.4, -0.2) is 34.1 Å². The Morgan fingerprint density at radius 2 is 1.96 bits per heavy atom. The second-order valence-electron chi connectivity index (χ2n) is 5.50. The van der Waals surface area contributed by atoms with E-state index >= 15 is 0 Å². The molecule has 0 bridgehead atoms. The summed E-state index contributed by atoms with van der Waals surface area (Å²) in [6, 6.07) is 1.68. The molecular weight excluding hydrogens is 316 g/mol. The van der Waals surface area contributed by atoms with Gasteiger partial charge in [-0.1, -0.05) is 0 Å². The number of aromatic amines is 1. The van der Waals surface area contributed by atoms with Gasteiger partial charge in [0.05, 0.1) is 29.1 Å². The summed E-state index contributed by atoms with van der Waals surface area (Å²) >= 11 is 0.389. The standard InChI is InChI=1S/C14H14N6O2S/c1-7-12(16-9-5-3-2-4-8(9)15-7)10-6-11-17-13(23-22)18-14(21)20(11)19-10/h6,22H,2-5H2,1H3,(H,17,18,21). The number of nitrogens with one attached hydrogen (secondary N) is 1. The monoisotopic (exact) mass is 330 g/mol. The van der Waals surface area contributed by atoms with Crippen LogP contribution in [-0.2, 0) is 12.8 Å². The van der Waals surface area contributed by atoms with Gasteiger partial charge in [-0.2, -0.15) is 9.61 Å². The summed E-state index contributed by atoms with van der Waals surface area (Å²) in [5, 5.41) is 4.41. The molecule has 3 heterocycles. The third-order valence-corrected chi connectivity index (χ3v) is 4.31. The van der Waals surface area contributed by atoms with Crippen molar-refractivity contribution in [3.05, 3.63) is 33.6 Å². The van der Waals surface area contributed by atoms with Crippen LogP contribution < -0.4 is 5.69 Å². The summed E-state index contributed by atoms with van der Waals surface area (Å²) in [6.07, 6.45) is 4.16. The zero-order valence-electron chi connectivity index (χ0n) is 12.4. The molecule has 8 nitrogen and oxygen atoms in total. The van der Waals surface area contributed by atoms with Crippen molar-refractivity contribution in [3.63, 3.8) is 0 Å². The summed E-state index contributed by atoms with van der Waals surface area (Å²) in [5.41, 5.74) is 4.01. The molecule has 4 rings (SSSR count). The van der Waals surface area contributed by atoms with Crippen LogP contribution in [0.1, 0.15) is 29.9 Å². The molecule has 0 spiro atoms. The molecule has 0 atom stereocenters. The highest BCUT2D eigenvalue weighted by Gasteiger charge is 2.18. The Balaban J connectivity index is 1.89. The van der Waals surface area contributed by atoms with Gasteiger partial charge in [-0.25, -0.2) is 14.8 Å². The second kappa shape index (κ2) is 5.43. The minimum absolute atomic E-state index is 0.127. The molecule has 23 heavy (non-hydrogen) atoms. The van der Waals surface area contributed by atoms with E-state index in [4.69, 9.17) is 9.54 Å². The van der Waals surface area contributed by atoms with E-state index in [0.29, 0.717) is 29.1 Å². The lowest BCUT2D eigenvalue weighted by Gasteiger charge is -2.15. The summed E-state index contributed by atoms with van der Waals surface area (Å²) < 4.78 is 10.2. The summed E-state index contributed by atoms with van der Waals surface area (Å²) in [7, 11) is 0. The molecule has 2 N–H and O–H groups in total. The van der Waals surface area contributed by atoms with Crippen molar-refractivity contribution in [2.45, 2.75) is 37.8 Å². The number of hydrogen-bond donors (Lipinski definition) is 2. The first-order chi connectivity index (χ1) is 11.2. The van der Waals surface area contributed by atoms with E-state index in [9.17, 15) is 4.79 Å². The molecule has 0 radical (unpaired) electrons. The maximum atomic E-state index is 12.0. The van der Waals surface area contributed by atoms with Crippen LogP contribution in [0.4, 0.5) is 0 Å². The minimum Gasteiger partial charge on any atom is -0.323 e. The molecular formula is C14H14N6O2S. The van der Waals surface area contributed by atoms with Crippen molar-refractivity contribution in [1.82, 2.24) is 29.5 Å². The van der Waals surface area contributed by atoms with Gasteiger partial charge in [0.1, 0.15) is 11.4 Å². The fraction of sp³-hybridized carbons (Fsp3) is 0.357. The maximum Gasteiger partial charge on any atom is 0.350 e. The van der Waals surface area contributed by atoms with Gasteiger partial charge < -0.3 is 4.55 Å². The quantitative estimate of drug-likeness (QED) is 0.687. The fourth-order valence-electron chi connectivity index (χ4n) is 2.86. The molecule has 0 fully saturated rings. The van der Waals surface area contributed by atoms with E-state index in [1.165, 1.54) is 0 Å². The van der Waals surface area contributed by atoms with Crippen molar-refractivity contribution in [2.75, 3.05) is 0 Å². The number of hydrogen-bond acceptors (Lipinski definition) is 7. The average molecular weight is 330 g/mol. The molecule has 0 saturated heterocycles. The third-order valence-electron chi connectivity index (χ3n) is 3.94. The predicted molar refractivity (Wildman–Crippen MR) is 84.5 cm³/mol. The number of fused-ring (bicyclic) bond motifs is 2. The van der Waals surface area contributed by atoms with Crippen molar-refractivity contribution in [1.29, 1.82) is 0 Å². The van der Waals surface area contributed by atoms with E-state index in [1.54, 1.807) is 6.07 Å². The fourth-order valence-corrected chi connectivity index (χ4v) is 3.13. The van der Waals surface area contributed by atoms with Gasteiger partial charge in [-0.15, -0.1) is 0 Å². The van der Waals surface area contributed by atoms with Crippen LogP contribution in [0.25, 0.3) is 17.0 Å². The van der Waals surface area contributed by atoms with Crippen LogP contribution in [0.15, 0.2) is 16.0 Å². The first-order valence-corrected chi connectivity index (χ1v) is 8.11. The smallest absolute Gasteiger partial charge is 0.323 e. The van der Waals surface area contributed by atoms with E-state index in [0.717, 1.165) is 47.3 Å². The normalized spacial score (nSPS) is 14.2. The summed E-state index contributed by atoms with van der Waals surface area (Å²) in [4.78, 5) is 27.9. The second-order valence-corrected chi connectivity index (χ2v) is 6.07. The van der Waals surface area contributed by atoms with Crippen molar-refractivity contribution in [3.8, 4) is 11.4 Å². The van der Waals surface area contributed by atoms with Gasteiger partial charge in [0.15, 0.2) is 10.8 Å². The number of rotatable bonds is 2. The van der Waals surface area contributed by atoms with Gasteiger partial charge in [0, 0.05) is 6.07 Å². The van der Waals surface area contributed by atoms with Gasteiger partial charge >= 0.3 is 5.69 Å². The first kappa shape index (κ1) is 14.3. The minimum atomic E-state index is -0.457. The van der Waals surface area contributed by atoms with Gasteiger partial charge in [-0.3, -0.25) is 9.97 Å². The molecule has 1 aliphatic carbocycles. The molecule has 9 heteroatoms. The number of aryl methyl sites for hydroxylation is 3. The Morgan fingerprint density at radius 1 is 1.22 bits per heavy atom. The van der Waals surface area contributed by atoms with E-state index in [-0.39, 0.29) is 5.16 Å². The van der Waals surface area contributed by atoms with Gasteiger partial charge in [0.25, 0.3) is 0 Å². The van der Waals surface area contributed by atoms with Crippen LogP contribution in [0.5, 0.6) is 0 Å². The average Bonchev–Trinajstić information content (AvgIpc) is 2.98. The Hall–Kier alpha value is -2.26. The van der Waals surface area contributed by atoms with Crippen molar-refractivity contribution in [2.24, 2.45) is 0 Å². The lowest BCUT2D eigenvalue weighted by Crippen LogP contribution is -2.19. The van der Waals surface area contributed by atoms with E-state index in [2.05, 4.69) is 20.1 Å². The molecule has 0 saturated carbocycles. The largest absolute Gasteiger partial charge is 0.350 e. The highest BCUT2D eigenvalue weighted by molar-refractivity contribution is 7.93. The molecule has 3 aromatic rings. The molecule has 1 aliphatic rings. The molecule has 3 aromatic heterocycles. The lowest BCUT2D eigenvalue weighted by atomic mass is 10.00. The first-order valence-electron chi connectivity index (χ1n) is 7.34. The highest BCUT2D eigenvalue weighted by Crippen LogP contribution is 2.25. The van der Waals surface area contributed by atoms with Gasteiger partial charge in [-0.05, 0) is 32.6 Å². The number of nitrogens with zero attached hydrogens (tertiary/aromatic N) is 5. The van der Waals surface area contributed by atoms with Crippen LogP contribution in [0.3, 0.4) is 0 Å². The van der Waals surface area contributed by atoms with Crippen LogP contribution >= 0.6 is 12.0 Å². The highest BCUT2D eigenvalue weighted by atomic mass is 32.2. The Labute approximate surface area is 135 Å². The lowest BCUT2D eigenvalue weighted by molar-refractivity contribution is 0.646. The Morgan fingerprint density at radius 3 is 2.70 bits per heavy atom. The molecule has 0 amide bonds. The molecule has 0 aliphatic heterocycles. The SMILES string of the molecule is Cc1nc2c(nc1-c1cc3nc(SO)[nH]c(=O)n3n1)CCCC2. The third kappa shape index (κ3) is 2.41. The Bertz CT molecular complexity index is 964. The van der Waals surface area contributed by atoms with E-state index in [1.807, 2.05) is 6.92 Å². The van der Waals surface area contributed by atoms with Crippen molar-refractivity contribution < 1.29 is 4.55 Å². The molecule has 118 valence electrons. The van der Waals surface area contributed by atoms with Crippen LogP contribution in [0.2, 0.25) is 0 Å². The zero-order chi connectivity index (χ0) is 16.0. The number of aromatic nitrogens is 6. The molecule has 0 unspecified atom stereocenters. The zero-order valence-corrected chi connectivity index (χ0v) is 13.2. The van der Waals surface area contributed by atoms with Gasteiger partial charge in [0.2, 0.25) is 0 Å². The number of H-pyrrole nitrogens is 1. The summed E-state index contributed by atoms with van der Waals surface area (Å²) in [6.45, 7) is 1.90. The topological polar surface area (TPSA) is 109 Å². The van der Waals surface area contributed by atoms with E-state index < -0.39 is 5.69 Å². The van der Waals surface area contributed by atoms with Crippen molar-refractivity contribution >= 4 is 17.7 Å². The predicted octanol–water partition coefficient (Wildman–Crippen LogP) is 1.63.